The SMILES string of the molecule is Cc1ccc([C@H](C(=O)O)N2CCN(CC(=O)NC(C)C)CC2)c(F)c1. The van der Waals surface area contributed by atoms with Gasteiger partial charge in [0.25, 0.3) is 0 Å². The average molecular weight is 351 g/mol. The van der Waals surface area contributed by atoms with Crippen molar-refractivity contribution >= 4 is 11.9 Å². The quantitative estimate of drug-likeness (QED) is 0.811. The Kier molecular flexibility index (Phi) is 6.50. The van der Waals surface area contributed by atoms with Crippen molar-refractivity contribution in [3.63, 3.8) is 0 Å². The third kappa shape index (κ3) is 5.24. The number of piperazine rings is 1. The Hall–Kier alpha value is -1.99. The molecule has 1 fully saturated rings. The van der Waals surface area contributed by atoms with Gasteiger partial charge in [-0.3, -0.25) is 19.4 Å². The van der Waals surface area contributed by atoms with E-state index in [1.165, 1.54) is 6.07 Å². The fourth-order valence-corrected chi connectivity index (χ4v) is 3.09. The average Bonchev–Trinajstić information content (AvgIpc) is 2.50. The minimum Gasteiger partial charge on any atom is -0.480 e. The Morgan fingerprint density at radius 1 is 1.24 bits per heavy atom. The number of hydrogen-bond donors (Lipinski definition) is 2. The summed E-state index contributed by atoms with van der Waals surface area (Å²) in [5.74, 6) is -1.59. The highest BCUT2D eigenvalue weighted by Gasteiger charge is 2.32. The Labute approximate surface area is 147 Å². The number of hydrogen-bond acceptors (Lipinski definition) is 4. The van der Waals surface area contributed by atoms with Gasteiger partial charge in [0.2, 0.25) is 5.91 Å². The molecular weight excluding hydrogens is 325 g/mol. The highest BCUT2D eigenvalue weighted by molar-refractivity contribution is 5.78. The molecule has 2 rings (SSSR count). The van der Waals surface area contributed by atoms with Crippen LogP contribution in [0.3, 0.4) is 0 Å². The molecule has 2 N–H and O–H groups in total. The first-order valence-electron chi connectivity index (χ1n) is 8.52. The molecule has 1 saturated heterocycles. The van der Waals surface area contributed by atoms with Crippen LogP contribution in [0.1, 0.15) is 31.0 Å². The van der Waals surface area contributed by atoms with Crippen molar-refractivity contribution in [3.05, 3.63) is 35.1 Å². The van der Waals surface area contributed by atoms with Crippen molar-refractivity contribution in [1.29, 1.82) is 0 Å². The normalized spacial score (nSPS) is 17.5. The lowest BCUT2D eigenvalue weighted by Crippen LogP contribution is -2.52. The van der Waals surface area contributed by atoms with Gasteiger partial charge in [-0.15, -0.1) is 0 Å². The van der Waals surface area contributed by atoms with E-state index in [2.05, 4.69) is 5.32 Å². The molecular formula is C18H26FN3O3. The number of nitrogens with one attached hydrogen (secondary N) is 1. The molecule has 0 aromatic heterocycles. The summed E-state index contributed by atoms with van der Waals surface area (Å²) in [5.41, 5.74) is 0.940. The van der Waals surface area contributed by atoms with Gasteiger partial charge >= 0.3 is 5.97 Å². The summed E-state index contributed by atoms with van der Waals surface area (Å²) in [4.78, 5) is 27.3. The Bertz CT molecular complexity index is 628. The number of carbonyl (C=O) groups excluding carboxylic acids is 1. The van der Waals surface area contributed by atoms with Gasteiger partial charge in [-0.1, -0.05) is 12.1 Å². The topological polar surface area (TPSA) is 72.9 Å². The van der Waals surface area contributed by atoms with Crippen LogP contribution >= 0.6 is 0 Å². The molecule has 7 heteroatoms. The van der Waals surface area contributed by atoms with E-state index in [4.69, 9.17) is 0 Å². The van der Waals surface area contributed by atoms with E-state index in [9.17, 15) is 19.1 Å². The second-order valence-electron chi connectivity index (χ2n) is 6.80. The van der Waals surface area contributed by atoms with Gasteiger partial charge in [0.15, 0.2) is 0 Å². The predicted molar refractivity (Wildman–Crippen MR) is 92.8 cm³/mol. The number of carbonyl (C=O) groups is 2. The van der Waals surface area contributed by atoms with Crippen molar-refractivity contribution in [2.45, 2.75) is 32.9 Å². The zero-order valence-electron chi connectivity index (χ0n) is 15.0. The second kappa shape index (κ2) is 8.40. The van der Waals surface area contributed by atoms with E-state index in [0.717, 1.165) is 5.56 Å². The molecule has 0 aliphatic carbocycles. The molecule has 1 aliphatic heterocycles. The van der Waals surface area contributed by atoms with Gasteiger partial charge in [-0.25, -0.2) is 4.39 Å². The van der Waals surface area contributed by atoms with Gasteiger partial charge < -0.3 is 10.4 Å². The first kappa shape index (κ1) is 19.3. The molecule has 1 atom stereocenters. The number of aryl methyl sites for hydroxylation is 1. The van der Waals surface area contributed by atoms with Crippen LogP contribution in [-0.4, -0.2) is 65.5 Å². The summed E-state index contributed by atoms with van der Waals surface area (Å²) in [5, 5.41) is 12.4. The van der Waals surface area contributed by atoms with Crippen molar-refractivity contribution in [1.82, 2.24) is 15.1 Å². The molecule has 0 radical (unpaired) electrons. The van der Waals surface area contributed by atoms with Crippen LogP contribution in [0.2, 0.25) is 0 Å². The number of aliphatic carboxylic acids is 1. The minimum absolute atomic E-state index is 0.0391. The lowest BCUT2D eigenvalue weighted by molar-refractivity contribution is -0.144. The maximum atomic E-state index is 14.2. The third-order valence-electron chi connectivity index (χ3n) is 4.27. The van der Waals surface area contributed by atoms with E-state index in [1.54, 1.807) is 24.0 Å². The highest BCUT2D eigenvalue weighted by Crippen LogP contribution is 2.25. The number of amides is 1. The van der Waals surface area contributed by atoms with E-state index in [-0.39, 0.29) is 17.5 Å². The standard InChI is InChI=1S/C18H26FN3O3/c1-12(2)20-16(23)11-21-6-8-22(9-7-21)17(18(24)25)14-5-4-13(3)10-15(14)19/h4-5,10,12,17H,6-9,11H2,1-3H3,(H,20,23)(H,24,25)/t17-/m1/s1. The smallest absolute Gasteiger partial charge is 0.325 e. The molecule has 1 amide bonds. The van der Waals surface area contributed by atoms with Crippen LogP contribution in [-0.2, 0) is 9.59 Å². The molecule has 1 aliphatic rings. The van der Waals surface area contributed by atoms with Gasteiger partial charge in [0.1, 0.15) is 11.9 Å². The largest absolute Gasteiger partial charge is 0.480 e. The predicted octanol–water partition coefficient (Wildman–Crippen LogP) is 1.40. The van der Waals surface area contributed by atoms with Crippen LogP contribution in [0.5, 0.6) is 0 Å². The van der Waals surface area contributed by atoms with Crippen LogP contribution < -0.4 is 5.32 Å². The molecule has 25 heavy (non-hydrogen) atoms. The number of halogens is 1. The fraction of sp³-hybridized carbons (Fsp3) is 0.556. The first-order chi connectivity index (χ1) is 11.8. The number of carboxylic acid groups (broad SMARTS) is 1. The number of nitrogens with zero attached hydrogens (tertiary/aromatic N) is 2. The van der Waals surface area contributed by atoms with E-state index < -0.39 is 17.8 Å². The van der Waals surface area contributed by atoms with Gasteiger partial charge in [-0.05, 0) is 32.4 Å². The molecule has 0 bridgehead atoms. The van der Waals surface area contributed by atoms with Crippen molar-refractivity contribution < 1.29 is 19.1 Å². The summed E-state index contributed by atoms with van der Waals surface area (Å²) in [6.07, 6.45) is 0. The van der Waals surface area contributed by atoms with Crippen LogP contribution in [0.15, 0.2) is 18.2 Å². The Balaban J connectivity index is 2.01. The molecule has 1 aromatic carbocycles. The minimum atomic E-state index is -1.06. The molecule has 1 heterocycles. The molecule has 0 unspecified atom stereocenters. The third-order valence-corrected chi connectivity index (χ3v) is 4.27. The summed E-state index contributed by atoms with van der Waals surface area (Å²) in [6, 6.07) is 3.71. The number of carboxylic acids is 1. The van der Waals surface area contributed by atoms with Crippen molar-refractivity contribution in [3.8, 4) is 0 Å². The Morgan fingerprint density at radius 2 is 1.88 bits per heavy atom. The lowest BCUT2D eigenvalue weighted by atomic mass is 10.0. The number of benzene rings is 1. The summed E-state index contributed by atoms with van der Waals surface area (Å²) < 4.78 is 14.2. The van der Waals surface area contributed by atoms with Gasteiger partial charge in [-0.2, -0.15) is 0 Å². The van der Waals surface area contributed by atoms with E-state index >= 15 is 0 Å². The molecule has 138 valence electrons. The van der Waals surface area contributed by atoms with E-state index in [1.807, 2.05) is 18.7 Å². The molecule has 0 saturated carbocycles. The zero-order chi connectivity index (χ0) is 18.6. The second-order valence-corrected chi connectivity index (χ2v) is 6.80. The lowest BCUT2D eigenvalue weighted by Gasteiger charge is -2.37. The molecule has 1 aromatic rings. The Morgan fingerprint density at radius 3 is 2.40 bits per heavy atom. The monoisotopic (exact) mass is 351 g/mol. The van der Waals surface area contributed by atoms with Gasteiger partial charge in [0.05, 0.1) is 6.54 Å². The van der Waals surface area contributed by atoms with Crippen LogP contribution in [0.25, 0.3) is 0 Å². The summed E-state index contributed by atoms with van der Waals surface area (Å²) in [7, 11) is 0. The fourth-order valence-electron chi connectivity index (χ4n) is 3.09. The first-order valence-corrected chi connectivity index (χ1v) is 8.52. The molecule has 0 spiro atoms. The van der Waals surface area contributed by atoms with E-state index in [0.29, 0.717) is 32.7 Å². The highest BCUT2D eigenvalue weighted by atomic mass is 19.1. The van der Waals surface area contributed by atoms with Crippen LogP contribution in [0.4, 0.5) is 4.39 Å². The maximum Gasteiger partial charge on any atom is 0.325 e. The maximum absolute atomic E-state index is 14.2. The molecule has 6 nitrogen and oxygen atoms in total. The van der Waals surface area contributed by atoms with Crippen LogP contribution in [0, 0.1) is 12.7 Å². The zero-order valence-corrected chi connectivity index (χ0v) is 15.0. The van der Waals surface area contributed by atoms with Gasteiger partial charge in [0, 0.05) is 37.8 Å². The summed E-state index contributed by atoms with van der Waals surface area (Å²) in [6.45, 7) is 7.96. The van der Waals surface area contributed by atoms with Crippen molar-refractivity contribution in [2.75, 3.05) is 32.7 Å². The van der Waals surface area contributed by atoms with Crippen molar-refractivity contribution in [2.24, 2.45) is 0 Å². The summed E-state index contributed by atoms with van der Waals surface area (Å²) >= 11 is 0. The number of rotatable bonds is 6.